The van der Waals surface area contributed by atoms with E-state index in [0.29, 0.717) is 19.6 Å². The maximum Gasteiger partial charge on any atom is 0.249 e. The minimum atomic E-state index is -0.289. The van der Waals surface area contributed by atoms with Crippen LogP contribution in [0.5, 0.6) is 0 Å². The number of hydrogen-bond acceptors (Lipinski definition) is 5. The third-order valence-electron chi connectivity index (χ3n) is 3.88. The number of ether oxygens (including phenoxy) is 1. The molecule has 132 valence electrons. The average Bonchev–Trinajstić information content (AvgIpc) is 3.26. The number of amides is 2. The second-order valence-electron chi connectivity index (χ2n) is 5.95. The zero-order valence-electron chi connectivity index (χ0n) is 14.1. The fraction of sp³-hybridized carbons (Fsp3) is 0.389. The van der Waals surface area contributed by atoms with E-state index in [1.807, 2.05) is 29.6 Å². The van der Waals surface area contributed by atoms with E-state index < -0.39 is 0 Å². The Morgan fingerprint density at radius 1 is 1.40 bits per heavy atom. The summed E-state index contributed by atoms with van der Waals surface area (Å²) in [7, 11) is 0. The normalized spacial score (nSPS) is 16.6. The van der Waals surface area contributed by atoms with Crippen molar-refractivity contribution in [1.82, 2.24) is 10.3 Å². The fourth-order valence-corrected chi connectivity index (χ4v) is 3.55. The van der Waals surface area contributed by atoms with Crippen molar-refractivity contribution < 1.29 is 14.3 Å². The van der Waals surface area contributed by atoms with Gasteiger partial charge in [0.25, 0.3) is 0 Å². The molecule has 1 aromatic heterocycles. The van der Waals surface area contributed by atoms with Crippen LogP contribution < -0.4 is 10.6 Å². The molecule has 1 saturated heterocycles. The molecule has 2 N–H and O–H groups in total. The van der Waals surface area contributed by atoms with Crippen LogP contribution in [0.2, 0.25) is 0 Å². The lowest BCUT2D eigenvalue weighted by Gasteiger charge is -2.09. The first-order valence-electron chi connectivity index (χ1n) is 8.33. The zero-order chi connectivity index (χ0) is 17.6. The smallest absolute Gasteiger partial charge is 0.249 e. The molecule has 0 saturated carbocycles. The third kappa shape index (κ3) is 4.87. The van der Waals surface area contributed by atoms with Crippen LogP contribution in [0.25, 0.3) is 10.6 Å². The van der Waals surface area contributed by atoms with Gasteiger partial charge in [-0.15, -0.1) is 11.3 Å². The van der Waals surface area contributed by atoms with Crippen molar-refractivity contribution in [1.29, 1.82) is 0 Å². The number of nitrogens with one attached hydrogen (secondary N) is 2. The van der Waals surface area contributed by atoms with Gasteiger partial charge in [-0.2, -0.15) is 0 Å². The highest BCUT2D eigenvalue weighted by molar-refractivity contribution is 7.13. The van der Waals surface area contributed by atoms with Crippen LogP contribution in [0.3, 0.4) is 0 Å². The van der Waals surface area contributed by atoms with Crippen LogP contribution >= 0.6 is 11.3 Å². The number of benzene rings is 1. The van der Waals surface area contributed by atoms with Gasteiger partial charge in [-0.25, -0.2) is 4.98 Å². The zero-order valence-corrected chi connectivity index (χ0v) is 14.9. The SMILES string of the molecule is CC(=O)Nc1cccc(-c2nc(CCNC(=O)C3CCCO3)cs2)c1. The Morgan fingerprint density at radius 2 is 2.28 bits per heavy atom. The van der Waals surface area contributed by atoms with Gasteiger partial charge in [-0.3, -0.25) is 9.59 Å². The van der Waals surface area contributed by atoms with Crippen molar-refractivity contribution in [2.24, 2.45) is 0 Å². The number of carbonyl (C=O) groups is 2. The van der Waals surface area contributed by atoms with E-state index in [0.717, 1.165) is 34.8 Å². The fourth-order valence-electron chi connectivity index (χ4n) is 2.70. The van der Waals surface area contributed by atoms with E-state index in [1.54, 1.807) is 11.3 Å². The quantitative estimate of drug-likeness (QED) is 0.831. The molecule has 25 heavy (non-hydrogen) atoms. The van der Waals surface area contributed by atoms with Crippen LogP contribution in [0.15, 0.2) is 29.6 Å². The molecule has 1 fully saturated rings. The van der Waals surface area contributed by atoms with Crippen LogP contribution in [0, 0.1) is 0 Å². The first kappa shape index (κ1) is 17.6. The summed E-state index contributed by atoms with van der Waals surface area (Å²) in [5, 5.41) is 8.57. The Hall–Kier alpha value is -2.25. The molecular formula is C18H21N3O3S. The van der Waals surface area contributed by atoms with Gasteiger partial charge in [0.2, 0.25) is 11.8 Å². The van der Waals surface area contributed by atoms with E-state index in [1.165, 1.54) is 6.92 Å². The van der Waals surface area contributed by atoms with Gasteiger partial charge in [0.05, 0.1) is 5.69 Å². The highest BCUT2D eigenvalue weighted by Gasteiger charge is 2.22. The van der Waals surface area contributed by atoms with Gasteiger partial charge in [-0.05, 0) is 25.0 Å². The Morgan fingerprint density at radius 3 is 3.04 bits per heavy atom. The molecule has 1 unspecified atom stereocenters. The van der Waals surface area contributed by atoms with Crippen molar-refractivity contribution in [2.75, 3.05) is 18.5 Å². The van der Waals surface area contributed by atoms with Gasteiger partial charge in [0, 0.05) is 43.1 Å². The molecule has 1 aliphatic rings. The molecule has 0 spiro atoms. The third-order valence-corrected chi connectivity index (χ3v) is 4.82. The summed E-state index contributed by atoms with van der Waals surface area (Å²) >= 11 is 1.55. The highest BCUT2D eigenvalue weighted by atomic mass is 32.1. The van der Waals surface area contributed by atoms with Crippen molar-refractivity contribution in [3.8, 4) is 10.6 Å². The molecule has 0 aliphatic carbocycles. The Kier molecular flexibility index (Phi) is 5.78. The monoisotopic (exact) mass is 359 g/mol. The van der Waals surface area contributed by atoms with Crippen LogP contribution in [-0.4, -0.2) is 36.1 Å². The number of carbonyl (C=O) groups excluding carboxylic acids is 2. The summed E-state index contributed by atoms with van der Waals surface area (Å²) in [5.74, 6) is -0.130. The van der Waals surface area contributed by atoms with Crippen LogP contribution in [0.4, 0.5) is 5.69 Å². The van der Waals surface area contributed by atoms with Gasteiger partial charge < -0.3 is 15.4 Å². The van der Waals surface area contributed by atoms with Crippen LogP contribution in [0.1, 0.15) is 25.5 Å². The van der Waals surface area contributed by atoms with Gasteiger partial charge >= 0.3 is 0 Å². The number of anilines is 1. The van der Waals surface area contributed by atoms with E-state index in [-0.39, 0.29) is 17.9 Å². The molecule has 1 aliphatic heterocycles. The molecule has 3 rings (SSSR count). The topological polar surface area (TPSA) is 80.3 Å². The summed E-state index contributed by atoms with van der Waals surface area (Å²) in [5.41, 5.74) is 2.66. The standard InChI is InChI=1S/C18H21N3O3S/c1-12(22)20-14-5-2-4-13(10-14)18-21-15(11-25-18)7-8-19-17(23)16-6-3-9-24-16/h2,4-5,10-11,16H,3,6-9H2,1H3,(H,19,23)(H,20,22). The second kappa shape index (κ2) is 8.22. The van der Waals surface area contributed by atoms with E-state index in [9.17, 15) is 9.59 Å². The van der Waals surface area contributed by atoms with Crippen molar-refractivity contribution in [3.63, 3.8) is 0 Å². The molecule has 0 radical (unpaired) electrons. The lowest BCUT2D eigenvalue weighted by Crippen LogP contribution is -2.35. The lowest BCUT2D eigenvalue weighted by atomic mass is 10.2. The summed E-state index contributed by atoms with van der Waals surface area (Å²) in [6.07, 6.45) is 2.14. The minimum Gasteiger partial charge on any atom is -0.368 e. The van der Waals surface area contributed by atoms with E-state index in [4.69, 9.17) is 4.74 Å². The minimum absolute atomic E-state index is 0.0315. The lowest BCUT2D eigenvalue weighted by molar-refractivity contribution is -0.130. The molecule has 0 bridgehead atoms. The van der Waals surface area contributed by atoms with Gasteiger partial charge in [-0.1, -0.05) is 12.1 Å². The first-order valence-corrected chi connectivity index (χ1v) is 9.21. The predicted molar refractivity (Wildman–Crippen MR) is 97.5 cm³/mol. The molecule has 2 heterocycles. The van der Waals surface area contributed by atoms with E-state index >= 15 is 0 Å². The summed E-state index contributed by atoms with van der Waals surface area (Å²) < 4.78 is 5.36. The Bertz CT molecular complexity index is 754. The first-order chi connectivity index (χ1) is 12.1. The molecular weight excluding hydrogens is 338 g/mol. The Balaban J connectivity index is 1.55. The number of thiazole rings is 1. The number of hydrogen-bond donors (Lipinski definition) is 2. The van der Waals surface area contributed by atoms with Gasteiger partial charge in [0.1, 0.15) is 11.1 Å². The molecule has 2 amide bonds. The maximum atomic E-state index is 11.9. The summed E-state index contributed by atoms with van der Waals surface area (Å²) in [4.78, 5) is 27.7. The van der Waals surface area contributed by atoms with Gasteiger partial charge in [0.15, 0.2) is 0 Å². The number of aromatic nitrogens is 1. The highest BCUT2D eigenvalue weighted by Crippen LogP contribution is 2.26. The maximum absolute atomic E-state index is 11.9. The Labute approximate surface area is 150 Å². The number of rotatable bonds is 6. The van der Waals surface area contributed by atoms with Crippen molar-refractivity contribution in [3.05, 3.63) is 35.3 Å². The molecule has 2 aromatic rings. The largest absolute Gasteiger partial charge is 0.368 e. The molecule has 6 nitrogen and oxygen atoms in total. The van der Waals surface area contributed by atoms with Crippen LogP contribution in [-0.2, 0) is 20.7 Å². The molecule has 1 aromatic carbocycles. The summed E-state index contributed by atoms with van der Waals surface area (Å²) in [6.45, 7) is 2.71. The van der Waals surface area contributed by atoms with Crippen molar-refractivity contribution in [2.45, 2.75) is 32.3 Å². The van der Waals surface area contributed by atoms with E-state index in [2.05, 4.69) is 15.6 Å². The average molecular weight is 359 g/mol. The predicted octanol–water partition coefficient (Wildman–Crippen LogP) is 2.61. The summed E-state index contributed by atoms with van der Waals surface area (Å²) in [6, 6.07) is 7.61. The molecule has 7 heteroatoms. The second-order valence-corrected chi connectivity index (χ2v) is 6.81. The molecule has 1 atom stereocenters. The van der Waals surface area contributed by atoms with Crippen molar-refractivity contribution >= 4 is 28.8 Å². The number of nitrogens with zero attached hydrogens (tertiary/aromatic N) is 1.